The molecule has 0 amide bonds. The normalized spacial score (nSPS) is 12.8. The number of hydrogen-bond acceptors (Lipinski definition) is 3. The van der Waals surface area contributed by atoms with E-state index in [0.717, 1.165) is 30.2 Å². The molecule has 0 heterocycles. The van der Waals surface area contributed by atoms with Crippen molar-refractivity contribution in [2.45, 2.75) is 45.8 Å². The molecule has 2 unspecified atom stereocenters. The van der Waals surface area contributed by atoms with Crippen LogP contribution in [0.4, 0.5) is 5.69 Å². The van der Waals surface area contributed by atoms with Crippen LogP contribution in [0.5, 0.6) is 11.5 Å². The van der Waals surface area contributed by atoms with E-state index in [4.69, 9.17) is 9.47 Å². The van der Waals surface area contributed by atoms with Crippen LogP contribution in [0.2, 0.25) is 0 Å². The highest BCUT2D eigenvalue weighted by Crippen LogP contribution is 2.29. The van der Waals surface area contributed by atoms with E-state index >= 15 is 0 Å². The lowest BCUT2D eigenvalue weighted by atomic mass is 9.98. The van der Waals surface area contributed by atoms with Crippen molar-refractivity contribution in [3.05, 3.63) is 90.0 Å². The van der Waals surface area contributed by atoms with E-state index in [2.05, 4.69) is 56.4 Å². The average Bonchev–Trinajstić information content (AvgIpc) is 2.77. The first-order valence-electron chi connectivity index (χ1n) is 10.4. The van der Waals surface area contributed by atoms with E-state index in [0.29, 0.717) is 12.5 Å². The zero-order chi connectivity index (χ0) is 20.5. The largest absolute Gasteiger partial charge is 0.489 e. The number of nitrogens with one attached hydrogen (secondary N) is 1. The predicted molar refractivity (Wildman–Crippen MR) is 121 cm³/mol. The van der Waals surface area contributed by atoms with Crippen molar-refractivity contribution in [1.82, 2.24) is 0 Å². The first-order chi connectivity index (χ1) is 14.2. The van der Waals surface area contributed by atoms with Gasteiger partial charge in [-0.1, -0.05) is 62.4 Å². The smallest absolute Gasteiger partial charge is 0.123 e. The molecule has 0 aliphatic rings. The molecule has 0 aliphatic carbocycles. The van der Waals surface area contributed by atoms with Crippen LogP contribution in [-0.2, 0) is 6.61 Å². The molecule has 3 aromatic carbocycles. The third-order valence-electron chi connectivity index (χ3n) is 5.09. The van der Waals surface area contributed by atoms with E-state index < -0.39 is 0 Å². The van der Waals surface area contributed by atoms with Gasteiger partial charge in [0.05, 0.1) is 6.54 Å². The second-order valence-corrected chi connectivity index (χ2v) is 7.46. The summed E-state index contributed by atoms with van der Waals surface area (Å²) in [6, 6.07) is 26.6. The molecule has 0 spiro atoms. The minimum atomic E-state index is 0.0641. The summed E-state index contributed by atoms with van der Waals surface area (Å²) >= 11 is 0. The number of anilines is 1. The van der Waals surface area contributed by atoms with Crippen molar-refractivity contribution in [3.8, 4) is 11.5 Å². The first kappa shape index (κ1) is 20.8. The van der Waals surface area contributed by atoms with Crippen LogP contribution in [0.25, 0.3) is 0 Å². The lowest BCUT2D eigenvalue weighted by molar-refractivity contribution is 0.231. The minimum Gasteiger partial charge on any atom is -0.489 e. The molecule has 0 radical (unpaired) electrons. The van der Waals surface area contributed by atoms with Crippen molar-refractivity contribution in [2.24, 2.45) is 0 Å². The number of rotatable bonds is 10. The Hall–Kier alpha value is -2.94. The van der Waals surface area contributed by atoms with Crippen molar-refractivity contribution in [1.29, 1.82) is 0 Å². The van der Waals surface area contributed by atoms with Crippen molar-refractivity contribution < 1.29 is 9.47 Å². The van der Waals surface area contributed by atoms with E-state index in [9.17, 15) is 0 Å². The summed E-state index contributed by atoms with van der Waals surface area (Å²) < 4.78 is 12.1. The molecule has 29 heavy (non-hydrogen) atoms. The van der Waals surface area contributed by atoms with Gasteiger partial charge in [0, 0.05) is 5.69 Å². The van der Waals surface area contributed by atoms with Gasteiger partial charge in [-0.05, 0) is 60.7 Å². The fraction of sp³-hybridized carbons (Fsp3) is 0.308. The van der Waals surface area contributed by atoms with Crippen LogP contribution in [-0.4, -0.2) is 12.6 Å². The zero-order valence-electron chi connectivity index (χ0n) is 17.6. The molecular formula is C26H31NO2. The molecule has 1 N–H and O–H groups in total. The Morgan fingerprint density at radius 3 is 2.24 bits per heavy atom. The van der Waals surface area contributed by atoms with Gasteiger partial charge in [0.2, 0.25) is 0 Å². The number of benzene rings is 3. The van der Waals surface area contributed by atoms with Crippen LogP contribution in [0.15, 0.2) is 78.9 Å². The highest BCUT2D eigenvalue weighted by molar-refractivity contribution is 5.46. The van der Waals surface area contributed by atoms with Gasteiger partial charge in [-0.3, -0.25) is 0 Å². The molecule has 152 valence electrons. The highest BCUT2D eigenvalue weighted by Gasteiger charge is 2.12. The van der Waals surface area contributed by atoms with Crippen LogP contribution in [0, 0.1) is 0 Å². The minimum absolute atomic E-state index is 0.0641. The topological polar surface area (TPSA) is 30.5 Å². The molecule has 3 rings (SSSR count). The molecule has 0 bridgehead atoms. The second kappa shape index (κ2) is 10.6. The summed E-state index contributed by atoms with van der Waals surface area (Å²) in [6.45, 7) is 7.86. The number of ether oxygens (including phenoxy) is 2. The summed E-state index contributed by atoms with van der Waals surface area (Å²) in [4.78, 5) is 0. The molecule has 0 aliphatic heterocycles. The van der Waals surface area contributed by atoms with Crippen LogP contribution in [0.3, 0.4) is 0 Å². The Kier molecular flexibility index (Phi) is 7.57. The van der Waals surface area contributed by atoms with E-state index in [1.54, 1.807) is 0 Å². The Morgan fingerprint density at radius 1 is 0.828 bits per heavy atom. The summed E-state index contributed by atoms with van der Waals surface area (Å²) in [5.74, 6) is 2.35. The maximum atomic E-state index is 6.21. The molecule has 0 saturated heterocycles. The van der Waals surface area contributed by atoms with Crippen LogP contribution >= 0.6 is 0 Å². The van der Waals surface area contributed by atoms with Gasteiger partial charge in [0.1, 0.15) is 24.2 Å². The number of para-hydroxylation sites is 1. The molecule has 0 aromatic heterocycles. The summed E-state index contributed by atoms with van der Waals surface area (Å²) in [5, 5.41) is 3.45. The van der Waals surface area contributed by atoms with Crippen molar-refractivity contribution in [3.63, 3.8) is 0 Å². The molecule has 0 fully saturated rings. The van der Waals surface area contributed by atoms with Gasteiger partial charge in [0.15, 0.2) is 0 Å². The standard InChI is InChI=1S/C26H31NO2/c1-4-20(2)25-12-8-9-13-26(25)29-21(3)18-27-23-14-16-24(17-15-23)28-19-22-10-6-5-7-11-22/h5-17,20-21,27H,4,18-19H2,1-3H3. The Labute approximate surface area is 174 Å². The maximum absolute atomic E-state index is 6.21. The highest BCUT2D eigenvalue weighted by atomic mass is 16.5. The summed E-state index contributed by atoms with van der Waals surface area (Å²) in [5.41, 5.74) is 3.50. The fourth-order valence-electron chi connectivity index (χ4n) is 3.14. The maximum Gasteiger partial charge on any atom is 0.123 e. The summed E-state index contributed by atoms with van der Waals surface area (Å²) in [6.07, 6.45) is 1.17. The van der Waals surface area contributed by atoms with Crippen molar-refractivity contribution in [2.75, 3.05) is 11.9 Å². The van der Waals surface area contributed by atoms with Gasteiger partial charge in [-0.2, -0.15) is 0 Å². The fourth-order valence-corrected chi connectivity index (χ4v) is 3.14. The Morgan fingerprint density at radius 2 is 1.52 bits per heavy atom. The number of hydrogen-bond donors (Lipinski definition) is 1. The van der Waals surface area contributed by atoms with E-state index in [1.807, 2.05) is 48.5 Å². The molecule has 3 nitrogen and oxygen atoms in total. The van der Waals surface area contributed by atoms with Gasteiger partial charge in [-0.15, -0.1) is 0 Å². The predicted octanol–water partition coefficient (Wildman–Crippen LogP) is 6.66. The lowest BCUT2D eigenvalue weighted by Gasteiger charge is -2.20. The third kappa shape index (κ3) is 6.28. The van der Waals surface area contributed by atoms with Crippen molar-refractivity contribution >= 4 is 5.69 Å². The van der Waals surface area contributed by atoms with E-state index in [1.165, 1.54) is 11.1 Å². The molecule has 3 heteroatoms. The zero-order valence-corrected chi connectivity index (χ0v) is 17.6. The Bertz CT molecular complexity index is 861. The van der Waals surface area contributed by atoms with Gasteiger partial charge in [-0.25, -0.2) is 0 Å². The summed E-state index contributed by atoms with van der Waals surface area (Å²) in [7, 11) is 0. The third-order valence-corrected chi connectivity index (χ3v) is 5.09. The van der Waals surface area contributed by atoms with Gasteiger partial charge in [0.25, 0.3) is 0 Å². The quantitative estimate of drug-likeness (QED) is 0.421. The van der Waals surface area contributed by atoms with Crippen LogP contribution in [0.1, 0.15) is 44.2 Å². The lowest BCUT2D eigenvalue weighted by Crippen LogP contribution is -2.23. The first-order valence-corrected chi connectivity index (χ1v) is 10.4. The SMILES string of the molecule is CCC(C)c1ccccc1OC(C)CNc1ccc(OCc2ccccc2)cc1. The average molecular weight is 390 g/mol. The van der Waals surface area contributed by atoms with Gasteiger partial charge < -0.3 is 14.8 Å². The molecular weight excluding hydrogens is 358 g/mol. The van der Waals surface area contributed by atoms with Gasteiger partial charge >= 0.3 is 0 Å². The molecule has 0 saturated carbocycles. The second-order valence-electron chi connectivity index (χ2n) is 7.46. The Balaban J connectivity index is 1.49. The molecule has 2 atom stereocenters. The van der Waals surface area contributed by atoms with E-state index in [-0.39, 0.29) is 6.10 Å². The van der Waals surface area contributed by atoms with Crippen LogP contribution < -0.4 is 14.8 Å². The molecule has 3 aromatic rings. The monoisotopic (exact) mass is 389 g/mol.